The van der Waals surface area contributed by atoms with Crippen LogP contribution in [-0.4, -0.2) is 29.9 Å². The molecule has 0 aliphatic heterocycles. The molecule has 0 saturated carbocycles. The van der Waals surface area contributed by atoms with Crippen LogP contribution < -0.4 is 10.6 Å². The quantitative estimate of drug-likeness (QED) is 0.602. The topological polar surface area (TPSA) is 84.5 Å². The summed E-state index contributed by atoms with van der Waals surface area (Å²) in [6.45, 7) is 11.4. The van der Waals surface area contributed by atoms with Crippen LogP contribution in [-0.2, 0) is 25.7 Å². The van der Waals surface area contributed by atoms with Crippen LogP contribution in [0.15, 0.2) is 30.3 Å². The van der Waals surface area contributed by atoms with Gasteiger partial charge in [-0.25, -0.2) is 4.79 Å². The Hall–Kier alpha value is -2.37. The number of hydrogen-bond acceptors (Lipinski definition) is 4. The molecule has 2 N–H and O–H groups in total. The molecule has 0 saturated heterocycles. The first-order chi connectivity index (χ1) is 13.1. The Labute approximate surface area is 168 Å². The molecule has 0 fully saturated rings. The summed E-state index contributed by atoms with van der Waals surface area (Å²) >= 11 is 0. The first kappa shape index (κ1) is 23.7. The van der Waals surface area contributed by atoms with Gasteiger partial charge in [0.25, 0.3) is 0 Å². The van der Waals surface area contributed by atoms with Gasteiger partial charge in [0.1, 0.15) is 18.7 Å². The number of amides is 2. The molecule has 156 valence electrons. The molecule has 0 spiro atoms. The highest BCUT2D eigenvalue weighted by molar-refractivity contribution is 5.91. The number of rotatable bonds is 10. The normalized spacial score (nSPS) is 13.3. The maximum absolute atomic E-state index is 12.8. The van der Waals surface area contributed by atoms with Gasteiger partial charge in [-0.2, -0.15) is 0 Å². The molecule has 0 aliphatic carbocycles. The number of ether oxygens (including phenoxy) is 1. The Morgan fingerprint density at radius 2 is 1.43 bits per heavy atom. The van der Waals surface area contributed by atoms with E-state index in [4.69, 9.17) is 4.74 Å². The molecule has 0 radical (unpaired) electrons. The minimum Gasteiger partial charge on any atom is -0.459 e. The zero-order valence-corrected chi connectivity index (χ0v) is 17.8. The second-order valence-electron chi connectivity index (χ2n) is 8.21. The molecule has 1 aromatic carbocycles. The molecule has 0 bridgehead atoms. The van der Waals surface area contributed by atoms with E-state index in [0.29, 0.717) is 6.42 Å². The van der Waals surface area contributed by atoms with Crippen LogP contribution in [0.1, 0.15) is 53.5 Å². The van der Waals surface area contributed by atoms with Gasteiger partial charge >= 0.3 is 5.97 Å². The summed E-state index contributed by atoms with van der Waals surface area (Å²) in [5.74, 6) is -1.08. The largest absolute Gasteiger partial charge is 0.459 e. The number of esters is 1. The van der Waals surface area contributed by atoms with Crippen LogP contribution in [0.25, 0.3) is 0 Å². The number of carbonyl (C=O) groups is 3. The van der Waals surface area contributed by atoms with Gasteiger partial charge in [0, 0.05) is 6.42 Å². The van der Waals surface area contributed by atoms with E-state index in [1.165, 1.54) is 0 Å². The van der Waals surface area contributed by atoms with Crippen LogP contribution in [0.2, 0.25) is 0 Å². The van der Waals surface area contributed by atoms with Crippen LogP contribution in [0.5, 0.6) is 0 Å². The van der Waals surface area contributed by atoms with E-state index in [2.05, 4.69) is 10.6 Å². The van der Waals surface area contributed by atoms with E-state index in [0.717, 1.165) is 5.56 Å². The van der Waals surface area contributed by atoms with Crippen LogP contribution in [0.3, 0.4) is 0 Å². The fourth-order valence-electron chi connectivity index (χ4n) is 2.70. The van der Waals surface area contributed by atoms with Crippen molar-refractivity contribution < 1.29 is 19.1 Å². The Morgan fingerprint density at radius 1 is 0.857 bits per heavy atom. The minimum atomic E-state index is -0.778. The standard InChI is InChI=1S/C22H34N2O4/c1-14(2)12-18(25)23-19(15(3)4)21(26)24-20(16(5)6)22(27)28-13-17-10-8-7-9-11-17/h7-11,14-16,19-20H,12-13H2,1-6H3,(H,23,25)(H,24,26)/t19-,20-/m0/s1. The third kappa shape index (κ3) is 8.11. The predicted molar refractivity (Wildman–Crippen MR) is 109 cm³/mol. The zero-order chi connectivity index (χ0) is 21.3. The molecule has 28 heavy (non-hydrogen) atoms. The fourth-order valence-corrected chi connectivity index (χ4v) is 2.70. The highest BCUT2D eigenvalue weighted by Gasteiger charge is 2.31. The minimum absolute atomic E-state index is 0.107. The fraction of sp³-hybridized carbons (Fsp3) is 0.591. The summed E-state index contributed by atoms with van der Waals surface area (Å²) in [6, 6.07) is 7.90. The van der Waals surface area contributed by atoms with Gasteiger partial charge < -0.3 is 15.4 Å². The molecule has 2 amide bonds. The van der Waals surface area contributed by atoms with Gasteiger partial charge in [-0.1, -0.05) is 71.9 Å². The summed E-state index contributed by atoms with van der Waals surface area (Å²) in [5, 5.41) is 5.55. The average molecular weight is 391 g/mol. The summed E-state index contributed by atoms with van der Waals surface area (Å²) in [4.78, 5) is 37.4. The first-order valence-electron chi connectivity index (χ1n) is 9.92. The number of nitrogens with one attached hydrogen (secondary N) is 2. The van der Waals surface area contributed by atoms with Crippen molar-refractivity contribution in [3.63, 3.8) is 0 Å². The lowest BCUT2D eigenvalue weighted by molar-refractivity contribution is -0.150. The SMILES string of the molecule is CC(C)CC(=O)N[C@H](C(=O)N[C@H](C(=O)OCc1ccccc1)C(C)C)C(C)C. The Balaban J connectivity index is 2.74. The maximum Gasteiger partial charge on any atom is 0.329 e. The van der Waals surface area contributed by atoms with Crippen molar-refractivity contribution in [2.24, 2.45) is 17.8 Å². The summed E-state index contributed by atoms with van der Waals surface area (Å²) in [5.41, 5.74) is 0.880. The molecule has 0 aliphatic rings. The van der Waals surface area contributed by atoms with Crippen LogP contribution >= 0.6 is 0 Å². The molecule has 6 nitrogen and oxygen atoms in total. The molecule has 1 rings (SSSR count). The van der Waals surface area contributed by atoms with Gasteiger partial charge in [-0.15, -0.1) is 0 Å². The number of carbonyl (C=O) groups excluding carboxylic acids is 3. The number of benzene rings is 1. The molecular formula is C22H34N2O4. The van der Waals surface area contributed by atoms with E-state index in [9.17, 15) is 14.4 Å². The highest BCUT2D eigenvalue weighted by Crippen LogP contribution is 2.10. The van der Waals surface area contributed by atoms with E-state index in [-0.39, 0.29) is 36.2 Å². The van der Waals surface area contributed by atoms with Crippen molar-refractivity contribution in [3.8, 4) is 0 Å². The molecule has 1 aromatic rings. The van der Waals surface area contributed by atoms with E-state index in [1.54, 1.807) is 0 Å². The summed E-state index contributed by atoms with van der Waals surface area (Å²) in [7, 11) is 0. The van der Waals surface area contributed by atoms with Crippen molar-refractivity contribution >= 4 is 17.8 Å². The second kappa shape index (κ2) is 11.5. The smallest absolute Gasteiger partial charge is 0.329 e. The van der Waals surface area contributed by atoms with Crippen molar-refractivity contribution in [1.29, 1.82) is 0 Å². The Bertz CT molecular complexity index is 641. The van der Waals surface area contributed by atoms with Crippen molar-refractivity contribution in [1.82, 2.24) is 10.6 Å². The molecule has 0 heterocycles. The van der Waals surface area contributed by atoms with Crippen LogP contribution in [0.4, 0.5) is 0 Å². The Kier molecular flexibility index (Phi) is 9.69. The van der Waals surface area contributed by atoms with E-state index in [1.807, 2.05) is 71.9 Å². The van der Waals surface area contributed by atoms with Gasteiger partial charge in [0.15, 0.2) is 0 Å². The van der Waals surface area contributed by atoms with Gasteiger partial charge in [-0.3, -0.25) is 9.59 Å². The molecule has 0 unspecified atom stereocenters. The average Bonchev–Trinajstić information content (AvgIpc) is 2.61. The van der Waals surface area contributed by atoms with Gasteiger partial charge in [-0.05, 0) is 23.3 Å². The van der Waals surface area contributed by atoms with E-state index >= 15 is 0 Å². The first-order valence-corrected chi connectivity index (χ1v) is 9.92. The lowest BCUT2D eigenvalue weighted by Gasteiger charge is -2.26. The zero-order valence-electron chi connectivity index (χ0n) is 17.8. The molecule has 2 atom stereocenters. The predicted octanol–water partition coefficient (Wildman–Crippen LogP) is 3.06. The van der Waals surface area contributed by atoms with Gasteiger partial charge in [0.05, 0.1) is 0 Å². The lowest BCUT2D eigenvalue weighted by Crippen LogP contribution is -2.55. The van der Waals surface area contributed by atoms with Gasteiger partial charge in [0.2, 0.25) is 11.8 Å². The van der Waals surface area contributed by atoms with Crippen molar-refractivity contribution in [2.45, 2.75) is 66.7 Å². The van der Waals surface area contributed by atoms with Crippen molar-refractivity contribution in [2.75, 3.05) is 0 Å². The highest BCUT2D eigenvalue weighted by atomic mass is 16.5. The Morgan fingerprint density at radius 3 is 1.93 bits per heavy atom. The summed E-state index contributed by atoms with van der Waals surface area (Å²) in [6.07, 6.45) is 0.350. The molecule has 0 aromatic heterocycles. The second-order valence-corrected chi connectivity index (χ2v) is 8.21. The molecule has 6 heteroatoms. The third-order valence-corrected chi connectivity index (χ3v) is 4.30. The maximum atomic E-state index is 12.8. The monoisotopic (exact) mass is 390 g/mol. The van der Waals surface area contributed by atoms with E-state index < -0.39 is 18.1 Å². The molecular weight excluding hydrogens is 356 g/mol. The van der Waals surface area contributed by atoms with Crippen LogP contribution in [0, 0.1) is 17.8 Å². The third-order valence-electron chi connectivity index (χ3n) is 4.30. The summed E-state index contributed by atoms with van der Waals surface area (Å²) < 4.78 is 5.39. The van der Waals surface area contributed by atoms with Crippen molar-refractivity contribution in [3.05, 3.63) is 35.9 Å². The lowest BCUT2D eigenvalue weighted by atomic mass is 9.99. The number of hydrogen-bond donors (Lipinski definition) is 2.